The van der Waals surface area contributed by atoms with Gasteiger partial charge in [-0.3, -0.25) is 4.99 Å². The third-order valence-electron chi connectivity index (χ3n) is 4.71. The average Bonchev–Trinajstić information content (AvgIpc) is 3.23. The van der Waals surface area contributed by atoms with Gasteiger partial charge in [-0.2, -0.15) is 0 Å². The van der Waals surface area contributed by atoms with E-state index in [0.717, 1.165) is 70.2 Å². The number of aryl methyl sites for hydroxylation is 1. The lowest BCUT2D eigenvalue weighted by atomic mass is 10.1. The number of pyridine rings is 1. The molecule has 0 atom stereocenters. The van der Waals surface area contributed by atoms with Crippen LogP contribution in [0.4, 0.5) is 5.82 Å². The summed E-state index contributed by atoms with van der Waals surface area (Å²) in [7, 11) is 0. The molecule has 27 heavy (non-hydrogen) atoms. The molecule has 1 aliphatic heterocycles. The van der Waals surface area contributed by atoms with E-state index in [0.29, 0.717) is 6.04 Å². The summed E-state index contributed by atoms with van der Waals surface area (Å²) < 4.78 is 2.00. The molecule has 3 rings (SSSR count). The van der Waals surface area contributed by atoms with Gasteiger partial charge in [0.1, 0.15) is 18.5 Å². The lowest BCUT2D eigenvalue weighted by Crippen LogP contribution is -2.49. The Balaban J connectivity index is 1.39. The maximum atomic E-state index is 4.73. The highest BCUT2D eigenvalue weighted by molar-refractivity contribution is 5.80. The first-order valence-electron chi connectivity index (χ1n) is 9.88. The number of anilines is 1. The Morgan fingerprint density at radius 2 is 2.00 bits per heavy atom. The van der Waals surface area contributed by atoms with Crippen LogP contribution in [0.5, 0.6) is 0 Å². The summed E-state index contributed by atoms with van der Waals surface area (Å²) in [4.78, 5) is 11.5. The number of hydrogen-bond donors (Lipinski definition) is 2. The molecule has 0 radical (unpaired) electrons. The van der Waals surface area contributed by atoms with Crippen LogP contribution in [-0.4, -0.2) is 57.9 Å². The zero-order valence-corrected chi connectivity index (χ0v) is 16.1. The van der Waals surface area contributed by atoms with Gasteiger partial charge >= 0.3 is 0 Å². The standard InChI is InChI=1S/C19H30N8/c1-2-20-19(22-11-5-6-12-26-15-23-24-16-26)25-17-8-13-27(14-9-17)18-7-3-4-10-21-18/h3-4,7,10,15-17H,2,5-6,8-9,11-14H2,1H3,(H2,20,22,25). The van der Waals surface area contributed by atoms with Gasteiger partial charge in [-0.1, -0.05) is 6.07 Å². The van der Waals surface area contributed by atoms with Crippen LogP contribution in [0.3, 0.4) is 0 Å². The second-order valence-electron chi connectivity index (χ2n) is 6.76. The van der Waals surface area contributed by atoms with E-state index in [1.165, 1.54) is 0 Å². The first-order chi connectivity index (χ1) is 13.3. The van der Waals surface area contributed by atoms with Crippen molar-refractivity contribution in [1.29, 1.82) is 0 Å². The fourth-order valence-corrected chi connectivity index (χ4v) is 3.24. The molecular weight excluding hydrogens is 340 g/mol. The van der Waals surface area contributed by atoms with E-state index < -0.39 is 0 Å². The Hall–Kier alpha value is -2.64. The predicted molar refractivity (Wildman–Crippen MR) is 108 cm³/mol. The molecule has 146 valence electrons. The highest BCUT2D eigenvalue weighted by Crippen LogP contribution is 2.17. The fourth-order valence-electron chi connectivity index (χ4n) is 3.24. The first-order valence-corrected chi connectivity index (χ1v) is 9.88. The molecule has 2 N–H and O–H groups in total. The summed E-state index contributed by atoms with van der Waals surface area (Å²) in [6.45, 7) is 6.79. The summed E-state index contributed by atoms with van der Waals surface area (Å²) in [5.74, 6) is 2.00. The Morgan fingerprint density at radius 3 is 2.70 bits per heavy atom. The maximum Gasteiger partial charge on any atom is 0.191 e. The van der Waals surface area contributed by atoms with E-state index >= 15 is 0 Å². The molecule has 1 fully saturated rings. The van der Waals surface area contributed by atoms with E-state index in [1.54, 1.807) is 12.7 Å². The van der Waals surface area contributed by atoms with E-state index in [4.69, 9.17) is 4.99 Å². The molecule has 2 aromatic heterocycles. The van der Waals surface area contributed by atoms with Crippen LogP contribution >= 0.6 is 0 Å². The minimum absolute atomic E-state index is 0.458. The van der Waals surface area contributed by atoms with Gasteiger partial charge in [0.25, 0.3) is 0 Å². The highest BCUT2D eigenvalue weighted by atomic mass is 15.2. The second-order valence-corrected chi connectivity index (χ2v) is 6.76. The maximum absolute atomic E-state index is 4.73. The smallest absolute Gasteiger partial charge is 0.191 e. The monoisotopic (exact) mass is 370 g/mol. The van der Waals surface area contributed by atoms with Crippen molar-refractivity contribution in [2.75, 3.05) is 31.1 Å². The number of guanidine groups is 1. The summed E-state index contributed by atoms with van der Waals surface area (Å²) >= 11 is 0. The Bertz CT molecular complexity index is 662. The van der Waals surface area contributed by atoms with Crippen LogP contribution in [0, 0.1) is 0 Å². The number of nitrogens with one attached hydrogen (secondary N) is 2. The van der Waals surface area contributed by atoms with Gasteiger partial charge in [0, 0.05) is 45.0 Å². The highest BCUT2D eigenvalue weighted by Gasteiger charge is 2.20. The quantitative estimate of drug-likeness (QED) is 0.418. The molecule has 8 heteroatoms. The summed E-state index contributed by atoms with van der Waals surface area (Å²) in [5, 5.41) is 14.6. The molecule has 0 aromatic carbocycles. The summed E-state index contributed by atoms with van der Waals surface area (Å²) in [6.07, 6.45) is 9.68. The molecule has 0 unspecified atom stereocenters. The molecular formula is C19H30N8. The van der Waals surface area contributed by atoms with Gasteiger partial charge in [-0.25, -0.2) is 4.98 Å². The topological polar surface area (TPSA) is 83.3 Å². The molecule has 1 saturated heterocycles. The van der Waals surface area contributed by atoms with Gasteiger partial charge in [0.2, 0.25) is 0 Å². The van der Waals surface area contributed by atoms with Crippen molar-refractivity contribution < 1.29 is 0 Å². The minimum atomic E-state index is 0.458. The van der Waals surface area contributed by atoms with Crippen molar-refractivity contribution in [1.82, 2.24) is 30.4 Å². The number of hydrogen-bond acceptors (Lipinski definition) is 5. The van der Waals surface area contributed by atoms with Crippen molar-refractivity contribution in [2.24, 2.45) is 4.99 Å². The van der Waals surface area contributed by atoms with Crippen LogP contribution in [0.1, 0.15) is 32.6 Å². The normalized spacial score (nSPS) is 15.7. The molecule has 8 nitrogen and oxygen atoms in total. The van der Waals surface area contributed by atoms with Gasteiger partial charge in [-0.15, -0.1) is 10.2 Å². The molecule has 2 aromatic rings. The van der Waals surface area contributed by atoms with Gasteiger partial charge in [-0.05, 0) is 44.7 Å². The number of aliphatic imine (C=N–C) groups is 1. The lowest BCUT2D eigenvalue weighted by molar-refractivity contribution is 0.459. The van der Waals surface area contributed by atoms with Gasteiger partial charge in [0.05, 0.1) is 0 Å². The number of unbranched alkanes of at least 4 members (excludes halogenated alkanes) is 1. The SMILES string of the molecule is CCNC(=NCCCCn1cnnc1)NC1CCN(c2ccccn2)CC1. The molecule has 0 spiro atoms. The zero-order chi connectivity index (χ0) is 18.7. The number of aromatic nitrogens is 4. The van der Waals surface area contributed by atoms with Crippen LogP contribution in [0.15, 0.2) is 42.0 Å². The number of nitrogens with zero attached hydrogens (tertiary/aromatic N) is 6. The molecule has 0 bridgehead atoms. The van der Waals surface area contributed by atoms with Crippen LogP contribution in [-0.2, 0) is 6.54 Å². The average molecular weight is 371 g/mol. The van der Waals surface area contributed by atoms with E-state index in [1.807, 2.05) is 22.9 Å². The largest absolute Gasteiger partial charge is 0.357 e. The molecule has 0 aliphatic carbocycles. The molecule has 3 heterocycles. The van der Waals surface area contributed by atoms with Crippen LogP contribution in [0.2, 0.25) is 0 Å². The van der Waals surface area contributed by atoms with Crippen molar-refractivity contribution in [3.8, 4) is 0 Å². The Kier molecular flexibility index (Phi) is 7.44. The molecule has 1 aliphatic rings. The van der Waals surface area contributed by atoms with Crippen LogP contribution in [0.25, 0.3) is 0 Å². The predicted octanol–water partition coefficient (Wildman–Crippen LogP) is 1.68. The fraction of sp³-hybridized carbons (Fsp3) is 0.579. The lowest BCUT2D eigenvalue weighted by Gasteiger charge is -2.33. The van der Waals surface area contributed by atoms with Crippen molar-refractivity contribution >= 4 is 11.8 Å². The molecule has 0 amide bonds. The Labute approximate surface area is 161 Å². The summed E-state index contributed by atoms with van der Waals surface area (Å²) in [6, 6.07) is 6.55. The minimum Gasteiger partial charge on any atom is -0.357 e. The van der Waals surface area contributed by atoms with Crippen LogP contribution < -0.4 is 15.5 Å². The Morgan fingerprint density at radius 1 is 1.19 bits per heavy atom. The van der Waals surface area contributed by atoms with Crippen molar-refractivity contribution in [2.45, 2.75) is 45.2 Å². The third kappa shape index (κ3) is 6.23. The van der Waals surface area contributed by atoms with Crippen molar-refractivity contribution in [3.63, 3.8) is 0 Å². The van der Waals surface area contributed by atoms with E-state index in [2.05, 4.69) is 43.7 Å². The summed E-state index contributed by atoms with van der Waals surface area (Å²) in [5.41, 5.74) is 0. The van der Waals surface area contributed by atoms with E-state index in [9.17, 15) is 0 Å². The first kappa shape index (κ1) is 19.1. The van der Waals surface area contributed by atoms with Gasteiger partial charge in [0.15, 0.2) is 5.96 Å². The van der Waals surface area contributed by atoms with E-state index in [-0.39, 0.29) is 0 Å². The van der Waals surface area contributed by atoms with Gasteiger partial charge < -0.3 is 20.1 Å². The third-order valence-corrected chi connectivity index (χ3v) is 4.71. The molecule has 0 saturated carbocycles. The zero-order valence-electron chi connectivity index (χ0n) is 16.1. The second kappa shape index (κ2) is 10.5. The number of rotatable bonds is 8. The number of piperidine rings is 1. The van der Waals surface area contributed by atoms with Crippen molar-refractivity contribution in [3.05, 3.63) is 37.1 Å².